The third-order valence-electron chi connectivity index (χ3n) is 3.37. The molecule has 0 heterocycles. The van der Waals surface area contributed by atoms with Gasteiger partial charge in [-0.15, -0.1) is 0 Å². The second kappa shape index (κ2) is 5.88. The Labute approximate surface area is 136 Å². The molecule has 25 heavy (non-hydrogen) atoms. The van der Waals surface area contributed by atoms with Gasteiger partial charge in [-0.3, -0.25) is 10.1 Å². The van der Waals surface area contributed by atoms with Gasteiger partial charge < -0.3 is 20.4 Å². The minimum atomic E-state index is -1.84. The van der Waals surface area contributed by atoms with E-state index in [0.717, 1.165) is 12.1 Å². The Balaban J connectivity index is 3.25. The van der Waals surface area contributed by atoms with E-state index in [-0.39, 0.29) is 0 Å². The fourth-order valence-electron chi connectivity index (χ4n) is 2.45. The molecule has 0 unspecified atom stereocenters. The zero-order valence-electron chi connectivity index (χ0n) is 11.9. The van der Waals surface area contributed by atoms with Gasteiger partial charge >= 0.3 is 23.9 Å². The molecule has 0 aliphatic rings. The highest BCUT2D eigenvalue weighted by Crippen LogP contribution is 2.36. The molecule has 0 radical (unpaired) electrons. The van der Waals surface area contributed by atoms with Crippen molar-refractivity contribution < 1.29 is 44.5 Å². The predicted molar refractivity (Wildman–Crippen MR) is 78.4 cm³/mol. The molecule has 0 fully saturated rings. The number of fused-ring (bicyclic) bond motifs is 1. The topological polar surface area (TPSA) is 192 Å². The quantitative estimate of drug-likeness (QED) is 0.454. The SMILES string of the molecule is O=C(O)c1cc([N+](=O)[O-])c2c(C(=O)O)c(C(=O)O)ccc2c1C(=O)O. The number of hydrogen-bond acceptors (Lipinski definition) is 6. The van der Waals surface area contributed by atoms with E-state index in [1.165, 1.54) is 0 Å². The smallest absolute Gasteiger partial charge is 0.337 e. The molecular formula is C14H7NO10. The maximum Gasteiger partial charge on any atom is 0.337 e. The second-order valence-corrected chi connectivity index (χ2v) is 4.71. The van der Waals surface area contributed by atoms with Gasteiger partial charge in [0.2, 0.25) is 0 Å². The average Bonchev–Trinajstić information content (AvgIpc) is 2.50. The average molecular weight is 349 g/mol. The molecule has 0 amide bonds. The number of carboxylic acids is 4. The lowest BCUT2D eigenvalue weighted by Gasteiger charge is -2.11. The third kappa shape index (κ3) is 2.69. The number of nitro groups is 1. The normalized spacial score (nSPS) is 10.4. The number of non-ortho nitro benzene ring substituents is 1. The first-order valence-corrected chi connectivity index (χ1v) is 6.29. The number of hydrogen-bond donors (Lipinski definition) is 4. The van der Waals surface area contributed by atoms with Crippen molar-refractivity contribution in [2.24, 2.45) is 0 Å². The molecule has 0 saturated carbocycles. The maximum absolute atomic E-state index is 11.5. The summed E-state index contributed by atoms with van der Waals surface area (Å²) in [6.07, 6.45) is 0. The fraction of sp³-hybridized carbons (Fsp3) is 0. The van der Waals surface area contributed by atoms with Crippen LogP contribution in [0.25, 0.3) is 10.8 Å². The number of nitro benzene ring substituents is 1. The van der Waals surface area contributed by atoms with E-state index in [2.05, 4.69) is 0 Å². The lowest BCUT2D eigenvalue weighted by atomic mass is 9.91. The molecule has 128 valence electrons. The number of benzene rings is 2. The molecular weight excluding hydrogens is 342 g/mol. The van der Waals surface area contributed by atoms with Crippen LogP contribution in [0.3, 0.4) is 0 Å². The Hall–Kier alpha value is -4.02. The van der Waals surface area contributed by atoms with E-state index >= 15 is 0 Å². The van der Waals surface area contributed by atoms with Gasteiger partial charge in [-0.05, 0) is 6.07 Å². The zero-order valence-corrected chi connectivity index (χ0v) is 11.9. The van der Waals surface area contributed by atoms with Crippen molar-refractivity contribution in [2.45, 2.75) is 0 Å². The van der Waals surface area contributed by atoms with Crippen molar-refractivity contribution in [2.75, 3.05) is 0 Å². The third-order valence-corrected chi connectivity index (χ3v) is 3.37. The van der Waals surface area contributed by atoms with Gasteiger partial charge in [0.05, 0.1) is 32.6 Å². The minimum absolute atomic E-state index is 0.395. The molecule has 2 aromatic carbocycles. The highest BCUT2D eigenvalue weighted by Gasteiger charge is 2.31. The molecule has 4 N–H and O–H groups in total. The van der Waals surface area contributed by atoms with E-state index in [1.807, 2.05) is 0 Å². The van der Waals surface area contributed by atoms with Crippen LogP contribution in [0.4, 0.5) is 5.69 Å². The van der Waals surface area contributed by atoms with Gasteiger partial charge in [-0.1, -0.05) is 6.07 Å². The van der Waals surface area contributed by atoms with E-state index in [4.69, 9.17) is 10.2 Å². The van der Waals surface area contributed by atoms with Crippen molar-refractivity contribution >= 4 is 40.3 Å². The lowest BCUT2D eigenvalue weighted by molar-refractivity contribution is -0.383. The Morgan fingerprint density at radius 2 is 1.32 bits per heavy atom. The molecule has 0 saturated heterocycles. The minimum Gasteiger partial charge on any atom is -0.478 e. The number of carbonyl (C=O) groups is 4. The lowest BCUT2D eigenvalue weighted by Crippen LogP contribution is -2.14. The summed E-state index contributed by atoms with van der Waals surface area (Å²) >= 11 is 0. The summed E-state index contributed by atoms with van der Waals surface area (Å²) in [7, 11) is 0. The van der Waals surface area contributed by atoms with E-state index in [1.54, 1.807) is 0 Å². The van der Waals surface area contributed by atoms with Gasteiger partial charge in [-0.2, -0.15) is 0 Å². The van der Waals surface area contributed by atoms with Crippen LogP contribution < -0.4 is 0 Å². The van der Waals surface area contributed by atoms with E-state index in [9.17, 15) is 39.5 Å². The van der Waals surface area contributed by atoms with Crippen LogP contribution in [0.5, 0.6) is 0 Å². The van der Waals surface area contributed by atoms with Crippen LogP contribution >= 0.6 is 0 Å². The van der Waals surface area contributed by atoms with Crippen LogP contribution in [0.15, 0.2) is 18.2 Å². The van der Waals surface area contributed by atoms with Crippen molar-refractivity contribution in [1.29, 1.82) is 0 Å². The summed E-state index contributed by atoms with van der Waals surface area (Å²) in [5, 5.41) is 46.6. The van der Waals surface area contributed by atoms with Crippen molar-refractivity contribution in [1.82, 2.24) is 0 Å². The molecule has 2 rings (SSSR count). The number of carboxylic acid groups (broad SMARTS) is 4. The van der Waals surface area contributed by atoms with Crippen molar-refractivity contribution in [3.05, 3.63) is 50.6 Å². The van der Waals surface area contributed by atoms with Crippen LogP contribution in [0, 0.1) is 10.1 Å². The molecule has 0 spiro atoms. The largest absolute Gasteiger partial charge is 0.478 e. The van der Waals surface area contributed by atoms with E-state index < -0.39 is 67.5 Å². The summed E-state index contributed by atoms with van der Waals surface area (Å²) in [5.41, 5.74) is -4.64. The first-order valence-electron chi connectivity index (χ1n) is 6.29. The summed E-state index contributed by atoms with van der Waals surface area (Å²) in [4.78, 5) is 55.5. The molecule has 0 aromatic heterocycles. The summed E-state index contributed by atoms with van der Waals surface area (Å²) in [5.74, 6) is -7.09. The zero-order chi connectivity index (χ0) is 19.0. The predicted octanol–water partition coefficient (Wildman–Crippen LogP) is 1.54. The van der Waals surface area contributed by atoms with Gasteiger partial charge in [0, 0.05) is 11.5 Å². The van der Waals surface area contributed by atoms with Crippen LogP contribution in [-0.2, 0) is 0 Å². The monoisotopic (exact) mass is 349 g/mol. The summed E-state index contributed by atoms with van der Waals surface area (Å²) < 4.78 is 0. The fourth-order valence-corrected chi connectivity index (χ4v) is 2.45. The van der Waals surface area contributed by atoms with Gasteiger partial charge in [0.1, 0.15) is 0 Å². The second-order valence-electron chi connectivity index (χ2n) is 4.71. The Kier molecular flexibility index (Phi) is 4.08. The number of aromatic carboxylic acids is 4. The van der Waals surface area contributed by atoms with Crippen LogP contribution in [0.1, 0.15) is 41.4 Å². The van der Waals surface area contributed by atoms with Gasteiger partial charge in [0.15, 0.2) is 0 Å². The molecule has 2 aromatic rings. The number of rotatable bonds is 5. The first kappa shape index (κ1) is 17.3. The highest BCUT2D eigenvalue weighted by molar-refractivity contribution is 6.21. The van der Waals surface area contributed by atoms with E-state index in [0.29, 0.717) is 6.07 Å². The Morgan fingerprint density at radius 3 is 1.72 bits per heavy atom. The molecule has 11 nitrogen and oxygen atoms in total. The first-order chi connectivity index (χ1) is 11.6. The number of nitrogens with zero attached hydrogens (tertiary/aromatic N) is 1. The molecule has 0 aliphatic heterocycles. The molecule has 0 aliphatic carbocycles. The highest BCUT2D eigenvalue weighted by atomic mass is 16.6. The van der Waals surface area contributed by atoms with Crippen LogP contribution in [0.2, 0.25) is 0 Å². The van der Waals surface area contributed by atoms with Crippen molar-refractivity contribution in [3.63, 3.8) is 0 Å². The van der Waals surface area contributed by atoms with Gasteiger partial charge in [0.25, 0.3) is 5.69 Å². The van der Waals surface area contributed by atoms with Gasteiger partial charge in [-0.25, -0.2) is 19.2 Å². The Morgan fingerprint density at radius 1 is 0.800 bits per heavy atom. The molecule has 0 bridgehead atoms. The Bertz CT molecular complexity index is 991. The van der Waals surface area contributed by atoms with Crippen molar-refractivity contribution in [3.8, 4) is 0 Å². The standard InChI is InChI=1S/C14H7NO10/c16-11(17)5-2-1-4-8(13(20)21)6(12(18)19)3-7(15(24)25)9(4)10(5)14(22)23/h1-3H,(H,16,17)(H,18,19)(H,20,21)(H,22,23). The van der Waals surface area contributed by atoms with Crippen LogP contribution in [-0.4, -0.2) is 49.2 Å². The molecule has 0 atom stereocenters. The summed E-state index contributed by atoms with van der Waals surface area (Å²) in [6.45, 7) is 0. The summed E-state index contributed by atoms with van der Waals surface area (Å²) in [6, 6.07) is 1.97. The maximum atomic E-state index is 11.5. The molecule has 11 heteroatoms.